The third kappa shape index (κ3) is 4.55. The largest absolute Gasteiger partial charge is 0.372 e. The van der Waals surface area contributed by atoms with Gasteiger partial charge in [-0.05, 0) is 56.3 Å². The lowest BCUT2D eigenvalue weighted by molar-refractivity contribution is -0.133. The second-order valence-electron chi connectivity index (χ2n) is 5.14. The van der Waals surface area contributed by atoms with E-state index in [0.717, 1.165) is 24.8 Å². The van der Waals surface area contributed by atoms with Crippen molar-refractivity contribution < 1.29 is 14.0 Å². The van der Waals surface area contributed by atoms with Gasteiger partial charge in [0.1, 0.15) is 5.82 Å². The molecule has 126 valence electrons. The monoisotopic (exact) mass is 329 g/mol. The number of benzene rings is 2. The zero-order chi connectivity index (χ0) is 17.5. The van der Waals surface area contributed by atoms with Crippen molar-refractivity contribution in [1.29, 1.82) is 0 Å². The molecule has 0 bridgehead atoms. The fraction of sp³-hybridized carbons (Fsp3) is 0.222. The number of amides is 2. The van der Waals surface area contributed by atoms with Crippen molar-refractivity contribution in [3.8, 4) is 0 Å². The van der Waals surface area contributed by atoms with Gasteiger partial charge in [0.2, 0.25) is 0 Å². The van der Waals surface area contributed by atoms with Crippen LogP contribution in [-0.2, 0) is 9.59 Å². The summed E-state index contributed by atoms with van der Waals surface area (Å²) in [4.78, 5) is 25.9. The summed E-state index contributed by atoms with van der Waals surface area (Å²) >= 11 is 0. The first kappa shape index (κ1) is 17.5. The van der Waals surface area contributed by atoms with Crippen LogP contribution in [0.2, 0.25) is 0 Å². The van der Waals surface area contributed by atoms with Gasteiger partial charge < -0.3 is 15.5 Å². The molecule has 2 N–H and O–H groups in total. The summed E-state index contributed by atoms with van der Waals surface area (Å²) in [7, 11) is 0. The van der Waals surface area contributed by atoms with Crippen molar-refractivity contribution in [2.24, 2.45) is 0 Å². The predicted octanol–water partition coefficient (Wildman–Crippen LogP) is 3.25. The Morgan fingerprint density at radius 3 is 2.04 bits per heavy atom. The second kappa shape index (κ2) is 8.10. The molecule has 0 aliphatic rings. The summed E-state index contributed by atoms with van der Waals surface area (Å²) in [5.41, 5.74) is 1.79. The number of hydrogen-bond acceptors (Lipinski definition) is 3. The van der Waals surface area contributed by atoms with Crippen LogP contribution in [-0.4, -0.2) is 24.9 Å². The standard InChI is InChI=1S/C18H20FN3O2/c1-3-22(4-2)16-10-8-14(9-11-16)20-17(23)18(24)21-15-7-5-6-13(19)12-15/h5-12H,3-4H2,1-2H3,(H,20,23)(H,21,24). The highest BCUT2D eigenvalue weighted by Gasteiger charge is 2.14. The van der Waals surface area contributed by atoms with Crippen LogP contribution in [0.5, 0.6) is 0 Å². The molecular weight excluding hydrogens is 309 g/mol. The number of rotatable bonds is 5. The van der Waals surface area contributed by atoms with Crippen LogP contribution in [0.25, 0.3) is 0 Å². The first-order chi connectivity index (χ1) is 11.5. The highest BCUT2D eigenvalue weighted by atomic mass is 19.1. The Balaban J connectivity index is 1.97. The quantitative estimate of drug-likeness (QED) is 0.828. The summed E-state index contributed by atoms with van der Waals surface area (Å²) in [6.45, 7) is 5.91. The van der Waals surface area contributed by atoms with Gasteiger partial charge in [-0.25, -0.2) is 4.39 Å². The van der Waals surface area contributed by atoms with E-state index in [1.54, 1.807) is 12.1 Å². The molecule has 2 aromatic rings. The molecule has 0 atom stereocenters. The van der Waals surface area contributed by atoms with Gasteiger partial charge >= 0.3 is 11.8 Å². The number of carbonyl (C=O) groups excluding carboxylic acids is 2. The van der Waals surface area contributed by atoms with Gasteiger partial charge in [0.05, 0.1) is 0 Å². The molecular formula is C18H20FN3O2. The maximum Gasteiger partial charge on any atom is 0.314 e. The average molecular weight is 329 g/mol. The summed E-state index contributed by atoms with van der Waals surface area (Å²) in [5, 5.41) is 4.87. The zero-order valence-corrected chi connectivity index (χ0v) is 13.7. The van der Waals surface area contributed by atoms with E-state index in [0.29, 0.717) is 5.69 Å². The molecule has 24 heavy (non-hydrogen) atoms. The van der Waals surface area contributed by atoms with Crippen LogP contribution >= 0.6 is 0 Å². The zero-order valence-electron chi connectivity index (χ0n) is 13.7. The third-order valence-corrected chi connectivity index (χ3v) is 3.54. The van der Waals surface area contributed by atoms with Crippen molar-refractivity contribution >= 4 is 28.9 Å². The second-order valence-corrected chi connectivity index (χ2v) is 5.14. The predicted molar refractivity (Wildman–Crippen MR) is 93.7 cm³/mol. The lowest BCUT2D eigenvalue weighted by Crippen LogP contribution is -2.29. The lowest BCUT2D eigenvalue weighted by Gasteiger charge is -2.21. The molecule has 0 unspecified atom stereocenters. The highest BCUT2D eigenvalue weighted by Crippen LogP contribution is 2.17. The Morgan fingerprint density at radius 2 is 1.50 bits per heavy atom. The van der Waals surface area contributed by atoms with E-state index in [9.17, 15) is 14.0 Å². The molecule has 0 spiro atoms. The van der Waals surface area contributed by atoms with E-state index in [1.807, 2.05) is 12.1 Å². The minimum Gasteiger partial charge on any atom is -0.372 e. The number of halogens is 1. The van der Waals surface area contributed by atoms with Crippen LogP contribution < -0.4 is 15.5 Å². The minimum absolute atomic E-state index is 0.229. The number of nitrogens with zero attached hydrogens (tertiary/aromatic N) is 1. The Bertz CT molecular complexity index is 712. The Hall–Kier alpha value is -2.89. The molecule has 0 heterocycles. The molecule has 2 amide bonds. The third-order valence-electron chi connectivity index (χ3n) is 3.54. The molecule has 2 rings (SSSR count). The average Bonchev–Trinajstić information content (AvgIpc) is 2.57. The molecule has 2 aromatic carbocycles. The first-order valence-electron chi connectivity index (χ1n) is 7.76. The molecule has 0 aliphatic carbocycles. The van der Waals surface area contributed by atoms with Crippen LogP contribution in [0, 0.1) is 5.82 Å². The number of carbonyl (C=O) groups is 2. The van der Waals surface area contributed by atoms with Crippen molar-refractivity contribution in [3.05, 3.63) is 54.3 Å². The van der Waals surface area contributed by atoms with E-state index >= 15 is 0 Å². The molecule has 0 fully saturated rings. The Morgan fingerprint density at radius 1 is 0.917 bits per heavy atom. The maximum absolute atomic E-state index is 13.1. The van der Waals surface area contributed by atoms with E-state index < -0.39 is 17.6 Å². The van der Waals surface area contributed by atoms with Gasteiger partial charge in [0.15, 0.2) is 0 Å². The smallest absolute Gasteiger partial charge is 0.314 e. The van der Waals surface area contributed by atoms with Gasteiger partial charge in [-0.3, -0.25) is 9.59 Å². The van der Waals surface area contributed by atoms with Crippen LogP contribution in [0.3, 0.4) is 0 Å². The fourth-order valence-electron chi connectivity index (χ4n) is 2.29. The minimum atomic E-state index is -0.853. The summed E-state index contributed by atoms with van der Waals surface area (Å²) in [6, 6.07) is 12.6. The van der Waals surface area contributed by atoms with Gasteiger partial charge in [-0.1, -0.05) is 6.07 Å². The van der Waals surface area contributed by atoms with Gasteiger partial charge in [0, 0.05) is 30.2 Å². The van der Waals surface area contributed by atoms with Gasteiger partial charge in [0.25, 0.3) is 0 Å². The maximum atomic E-state index is 13.1. The van der Waals surface area contributed by atoms with Crippen molar-refractivity contribution in [2.75, 3.05) is 28.6 Å². The Labute approximate surface area is 140 Å². The van der Waals surface area contributed by atoms with Crippen molar-refractivity contribution in [2.45, 2.75) is 13.8 Å². The molecule has 6 heteroatoms. The van der Waals surface area contributed by atoms with E-state index in [-0.39, 0.29) is 5.69 Å². The van der Waals surface area contributed by atoms with E-state index in [2.05, 4.69) is 29.4 Å². The number of nitrogens with one attached hydrogen (secondary N) is 2. The van der Waals surface area contributed by atoms with Gasteiger partial charge in [-0.15, -0.1) is 0 Å². The normalized spacial score (nSPS) is 10.1. The van der Waals surface area contributed by atoms with E-state index in [1.165, 1.54) is 18.2 Å². The molecule has 0 saturated carbocycles. The van der Waals surface area contributed by atoms with Crippen LogP contribution in [0.1, 0.15) is 13.8 Å². The summed E-state index contributed by atoms with van der Waals surface area (Å²) in [6.07, 6.45) is 0. The van der Waals surface area contributed by atoms with Crippen LogP contribution in [0.4, 0.5) is 21.5 Å². The van der Waals surface area contributed by atoms with Gasteiger partial charge in [-0.2, -0.15) is 0 Å². The highest BCUT2D eigenvalue weighted by molar-refractivity contribution is 6.43. The summed E-state index contributed by atoms with van der Waals surface area (Å²) < 4.78 is 13.1. The first-order valence-corrected chi connectivity index (χ1v) is 7.76. The fourth-order valence-corrected chi connectivity index (χ4v) is 2.29. The van der Waals surface area contributed by atoms with Crippen LogP contribution in [0.15, 0.2) is 48.5 Å². The summed E-state index contributed by atoms with van der Waals surface area (Å²) in [5.74, 6) is -2.15. The molecule has 0 saturated heterocycles. The topological polar surface area (TPSA) is 61.4 Å². The molecule has 0 radical (unpaired) electrons. The number of anilines is 3. The molecule has 0 aromatic heterocycles. The SMILES string of the molecule is CCN(CC)c1ccc(NC(=O)C(=O)Nc2cccc(F)c2)cc1. The van der Waals surface area contributed by atoms with E-state index in [4.69, 9.17) is 0 Å². The molecule has 5 nitrogen and oxygen atoms in total. The Kier molecular flexibility index (Phi) is 5.89. The molecule has 0 aliphatic heterocycles. The van der Waals surface area contributed by atoms with Crippen molar-refractivity contribution in [3.63, 3.8) is 0 Å². The van der Waals surface area contributed by atoms with Crippen molar-refractivity contribution in [1.82, 2.24) is 0 Å². The number of hydrogen-bond donors (Lipinski definition) is 2. The lowest BCUT2D eigenvalue weighted by atomic mass is 10.2.